The molecule has 2 aromatic carbocycles. The smallest absolute Gasteiger partial charge is 0.297 e. The van der Waals surface area contributed by atoms with Gasteiger partial charge in [0.15, 0.2) is 5.69 Å². The first-order valence-electron chi connectivity index (χ1n) is 11.7. The van der Waals surface area contributed by atoms with Crippen molar-refractivity contribution in [2.45, 2.75) is 51.8 Å². The fourth-order valence-corrected chi connectivity index (χ4v) is 4.43. The number of rotatable bonds is 8. The highest BCUT2D eigenvalue weighted by Gasteiger charge is 2.27. The van der Waals surface area contributed by atoms with Crippen LogP contribution < -0.4 is 5.56 Å². The molecular formula is C26H28N6O2. The number of hydrogen-bond acceptors (Lipinski definition) is 5. The van der Waals surface area contributed by atoms with Gasteiger partial charge in [-0.15, -0.1) is 0 Å². The molecule has 0 aliphatic carbocycles. The van der Waals surface area contributed by atoms with Crippen LogP contribution in [0.4, 0.5) is 0 Å². The Bertz CT molecular complexity index is 1420. The van der Waals surface area contributed by atoms with Crippen molar-refractivity contribution in [2.24, 2.45) is 0 Å². The molecule has 0 saturated heterocycles. The van der Waals surface area contributed by atoms with E-state index in [0.29, 0.717) is 24.4 Å². The standard InChI is InChI=1S/C26H28N6O2/c1-3-4-9-22(18(2)33)32-26(34)25-24(29-32)21-8-5-6-10-23(21)31(28-25)17-19-11-13-20(14-12-19)30-16-7-15-27-30/h5-8,10-16,18,22,33H,3-4,9,17H2,1-2H3/t18-,22-/m1/s1. The summed E-state index contributed by atoms with van der Waals surface area (Å²) in [5.74, 6) is 0. The molecule has 1 N–H and O–H groups in total. The molecule has 1 aromatic heterocycles. The van der Waals surface area contributed by atoms with Gasteiger partial charge < -0.3 is 5.11 Å². The Kier molecular flexibility index (Phi) is 5.98. The van der Waals surface area contributed by atoms with Gasteiger partial charge in [0, 0.05) is 17.8 Å². The normalized spacial score (nSPS) is 13.5. The third-order valence-electron chi connectivity index (χ3n) is 6.26. The Labute approximate surface area is 197 Å². The number of fused-ring (bicyclic) bond motifs is 3. The van der Waals surface area contributed by atoms with Crippen LogP contribution in [0.1, 0.15) is 44.7 Å². The van der Waals surface area contributed by atoms with E-state index in [1.54, 1.807) is 13.1 Å². The SMILES string of the molecule is CCCC[C@H]([C@@H](C)O)n1nc2c3ccccc3n(Cc3ccc(-n4cccn4)cc3)nc-2c1=O. The molecule has 0 saturated carbocycles. The Hall–Kier alpha value is -3.78. The number of para-hydroxylation sites is 1. The molecule has 2 aliphatic rings. The van der Waals surface area contributed by atoms with E-state index in [-0.39, 0.29) is 11.6 Å². The van der Waals surface area contributed by atoms with E-state index in [1.165, 1.54) is 4.68 Å². The van der Waals surface area contributed by atoms with Gasteiger partial charge in [-0.1, -0.05) is 50.1 Å². The van der Waals surface area contributed by atoms with Crippen LogP contribution in [-0.4, -0.2) is 40.6 Å². The maximum atomic E-state index is 13.4. The molecular weight excluding hydrogens is 428 g/mol. The first-order chi connectivity index (χ1) is 16.6. The minimum Gasteiger partial charge on any atom is -0.391 e. The molecule has 8 nitrogen and oxygen atoms in total. The van der Waals surface area contributed by atoms with Gasteiger partial charge in [-0.3, -0.25) is 9.48 Å². The van der Waals surface area contributed by atoms with Gasteiger partial charge in [0.2, 0.25) is 0 Å². The van der Waals surface area contributed by atoms with Gasteiger partial charge in [-0.05, 0) is 43.2 Å². The maximum absolute atomic E-state index is 13.4. The van der Waals surface area contributed by atoms with Crippen molar-refractivity contribution < 1.29 is 5.11 Å². The fraction of sp³-hybridized carbons (Fsp3) is 0.308. The Morgan fingerprint density at radius 1 is 1.00 bits per heavy atom. The zero-order valence-corrected chi connectivity index (χ0v) is 19.4. The second-order valence-corrected chi connectivity index (χ2v) is 8.69. The lowest BCUT2D eigenvalue weighted by Gasteiger charge is -2.19. The van der Waals surface area contributed by atoms with Crippen molar-refractivity contribution in [1.82, 2.24) is 29.3 Å². The number of aliphatic hydroxyl groups is 1. The maximum Gasteiger partial charge on any atom is 0.297 e. The Morgan fingerprint density at radius 3 is 2.50 bits per heavy atom. The van der Waals surface area contributed by atoms with E-state index in [0.717, 1.165) is 35.0 Å². The molecule has 2 atom stereocenters. The molecule has 0 bridgehead atoms. The molecule has 0 radical (unpaired) electrons. The van der Waals surface area contributed by atoms with E-state index >= 15 is 0 Å². The highest BCUT2D eigenvalue weighted by Crippen LogP contribution is 2.28. The van der Waals surface area contributed by atoms with E-state index in [4.69, 9.17) is 5.10 Å². The lowest BCUT2D eigenvalue weighted by molar-refractivity contribution is 0.114. The van der Waals surface area contributed by atoms with Crippen LogP contribution in [0.15, 0.2) is 71.8 Å². The Morgan fingerprint density at radius 2 is 1.79 bits per heavy atom. The van der Waals surface area contributed by atoms with Crippen LogP contribution in [0.5, 0.6) is 0 Å². The third kappa shape index (κ3) is 4.01. The van der Waals surface area contributed by atoms with Crippen LogP contribution in [0.2, 0.25) is 0 Å². The molecule has 34 heavy (non-hydrogen) atoms. The highest BCUT2D eigenvalue weighted by molar-refractivity contribution is 5.92. The molecule has 8 heteroatoms. The van der Waals surface area contributed by atoms with Crippen molar-refractivity contribution in [1.29, 1.82) is 0 Å². The van der Waals surface area contributed by atoms with Crippen molar-refractivity contribution in [3.05, 3.63) is 82.9 Å². The van der Waals surface area contributed by atoms with E-state index in [1.807, 2.05) is 70.2 Å². The number of aromatic nitrogens is 6. The summed E-state index contributed by atoms with van der Waals surface area (Å²) in [6.45, 7) is 4.32. The summed E-state index contributed by atoms with van der Waals surface area (Å²) < 4.78 is 5.11. The van der Waals surface area contributed by atoms with Gasteiger partial charge in [0.05, 0.1) is 29.9 Å². The van der Waals surface area contributed by atoms with Crippen molar-refractivity contribution >= 4 is 10.9 Å². The molecule has 3 heterocycles. The largest absolute Gasteiger partial charge is 0.391 e. The van der Waals surface area contributed by atoms with E-state index in [9.17, 15) is 9.90 Å². The lowest BCUT2D eigenvalue weighted by atomic mass is 10.1. The minimum atomic E-state index is -0.680. The monoisotopic (exact) mass is 456 g/mol. The Balaban J connectivity index is 1.58. The summed E-state index contributed by atoms with van der Waals surface area (Å²) in [5, 5.41) is 24.9. The van der Waals surface area contributed by atoms with Crippen LogP contribution >= 0.6 is 0 Å². The predicted molar refractivity (Wildman–Crippen MR) is 131 cm³/mol. The van der Waals surface area contributed by atoms with Crippen LogP contribution in [-0.2, 0) is 6.54 Å². The van der Waals surface area contributed by atoms with Gasteiger partial charge in [0.1, 0.15) is 5.69 Å². The number of hydrogen-bond donors (Lipinski definition) is 1. The molecule has 0 unspecified atom stereocenters. The molecule has 3 aromatic rings. The fourth-order valence-electron chi connectivity index (χ4n) is 4.43. The predicted octanol–water partition coefficient (Wildman–Crippen LogP) is 4.04. The summed E-state index contributed by atoms with van der Waals surface area (Å²) in [5.41, 5.74) is 3.58. The minimum absolute atomic E-state index is 0.259. The summed E-state index contributed by atoms with van der Waals surface area (Å²) in [6.07, 6.45) is 5.56. The first kappa shape index (κ1) is 22.0. The van der Waals surface area contributed by atoms with Crippen molar-refractivity contribution in [3.63, 3.8) is 0 Å². The zero-order chi connectivity index (χ0) is 23.7. The van der Waals surface area contributed by atoms with Gasteiger partial charge >= 0.3 is 0 Å². The lowest BCUT2D eigenvalue weighted by Crippen LogP contribution is -2.30. The molecule has 0 amide bonds. The zero-order valence-electron chi connectivity index (χ0n) is 19.4. The van der Waals surface area contributed by atoms with Crippen LogP contribution in [0.25, 0.3) is 28.0 Å². The van der Waals surface area contributed by atoms with Gasteiger partial charge in [-0.25, -0.2) is 9.36 Å². The number of nitrogens with zero attached hydrogens (tertiary/aromatic N) is 6. The molecule has 174 valence electrons. The van der Waals surface area contributed by atoms with Crippen molar-refractivity contribution in [2.75, 3.05) is 0 Å². The van der Waals surface area contributed by atoms with Crippen molar-refractivity contribution in [3.8, 4) is 17.1 Å². The first-order valence-corrected chi connectivity index (χ1v) is 11.7. The second kappa shape index (κ2) is 9.23. The third-order valence-corrected chi connectivity index (χ3v) is 6.26. The highest BCUT2D eigenvalue weighted by atomic mass is 16.3. The molecule has 5 rings (SSSR count). The number of benzene rings is 2. The number of aliphatic hydroxyl groups excluding tert-OH is 1. The summed E-state index contributed by atoms with van der Waals surface area (Å²) in [4.78, 5) is 13.4. The molecule has 2 aliphatic heterocycles. The average Bonchev–Trinajstić information content (AvgIpc) is 3.49. The summed E-state index contributed by atoms with van der Waals surface area (Å²) >= 11 is 0. The number of unbranched alkanes of at least 4 members (excludes halogenated alkanes) is 1. The van der Waals surface area contributed by atoms with Gasteiger partial charge in [-0.2, -0.15) is 15.3 Å². The van der Waals surface area contributed by atoms with Gasteiger partial charge in [0.25, 0.3) is 5.56 Å². The van der Waals surface area contributed by atoms with E-state index in [2.05, 4.69) is 17.1 Å². The van der Waals surface area contributed by atoms with Crippen LogP contribution in [0, 0.1) is 0 Å². The molecule has 0 fully saturated rings. The molecule has 0 spiro atoms. The summed E-state index contributed by atoms with van der Waals surface area (Å²) in [6, 6.07) is 17.5. The average molecular weight is 457 g/mol. The second-order valence-electron chi connectivity index (χ2n) is 8.69. The van der Waals surface area contributed by atoms with Crippen LogP contribution in [0.3, 0.4) is 0 Å². The quantitative estimate of drug-likeness (QED) is 0.380. The van der Waals surface area contributed by atoms with E-state index < -0.39 is 6.10 Å². The topological polar surface area (TPSA) is 90.8 Å². The summed E-state index contributed by atoms with van der Waals surface area (Å²) in [7, 11) is 0.